The molecule has 1 N–H and O–H groups in total. The van der Waals surface area contributed by atoms with E-state index in [1.54, 1.807) is 7.05 Å². The lowest BCUT2D eigenvalue weighted by Crippen LogP contribution is -2.41. The lowest BCUT2D eigenvalue weighted by atomic mass is 10.0. The summed E-state index contributed by atoms with van der Waals surface area (Å²) < 4.78 is 67.9. The summed E-state index contributed by atoms with van der Waals surface area (Å²) in [6.07, 6.45) is -1.78. The topological polar surface area (TPSA) is 119 Å². The predicted octanol–water partition coefficient (Wildman–Crippen LogP) is 3.89. The van der Waals surface area contributed by atoms with Gasteiger partial charge in [0.05, 0.1) is 12.0 Å². The Kier molecular flexibility index (Phi) is 4.74. The van der Waals surface area contributed by atoms with Gasteiger partial charge in [0.2, 0.25) is 17.5 Å². The van der Waals surface area contributed by atoms with Crippen molar-refractivity contribution < 1.29 is 31.2 Å². The van der Waals surface area contributed by atoms with Crippen LogP contribution in [0.5, 0.6) is 0 Å². The molecule has 10 nitrogen and oxygen atoms in total. The normalized spacial score (nSPS) is 16.0. The number of fused-ring (bicyclic) bond motifs is 2. The van der Waals surface area contributed by atoms with Gasteiger partial charge in [0.1, 0.15) is 17.0 Å². The Morgan fingerprint density at radius 2 is 2.03 bits per heavy atom. The molecule has 1 aliphatic rings. The van der Waals surface area contributed by atoms with Gasteiger partial charge >= 0.3 is 6.18 Å². The third-order valence-corrected chi connectivity index (χ3v) is 5.81. The Morgan fingerprint density at radius 1 is 1.19 bits per heavy atom. The highest BCUT2D eigenvalue weighted by molar-refractivity contribution is 5.94. The molecule has 1 aromatic carbocycles. The minimum absolute atomic E-state index is 0.00268. The van der Waals surface area contributed by atoms with Crippen molar-refractivity contribution in [2.75, 3.05) is 6.54 Å². The number of aryl methyl sites for hydroxylation is 1. The van der Waals surface area contributed by atoms with E-state index in [-0.39, 0.29) is 35.6 Å². The highest BCUT2D eigenvalue weighted by Crippen LogP contribution is 2.39. The van der Waals surface area contributed by atoms with Crippen molar-refractivity contribution in [3.8, 4) is 11.6 Å². The second kappa shape index (κ2) is 7.76. The van der Waals surface area contributed by atoms with E-state index < -0.39 is 41.3 Å². The highest BCUT2D eigenvalue weighted by Gasteiger charge is 2.46. The average molecular weight is 501 g/mol. The lowest BCUT2D eigenvalue weighted by molar-refractivity contribution is -0.141. The first kappa shape index (κ1) is 22.0. The molecule has 5 heterocycles. The number of halogens is 4. The van der Waals surface area contributed by atoms with E-state index in [1.165, 1.54) is 35.4 Å². The Morgan fingerprint density at radius 3 is 2.78 bits per heavy atom. The number of amides is 1. The molecule has 0 aliphatic carbocycles. The number of nitrogens with zero attached hydrogens (tertiary/aromatic N) is 6. The van der Waals surface area contributed by atoms with Crippen LogP contribution in [0.4, 0.5) is 17.6 Å². The summed E-state index contributed by atoms with van der Waals surface area (Å²) in [5.74, 6) is -3.09. The molecule has 6 rings (SSSR count). The van der Waals surface area contributed by atoms with Crippen LogP contribution < -0.4 is 0 Å². The first-order chi connectivity index (χ1) is 17.2. The van der Waals surface area contributed by atoms with Crippen molar-refractivity contribution in [1.82, 2.24) is 34.6 Å². The van der Waals surface area contributed by atoms with Crippen molar-refractivity contribution >= 4 is 17.0 Å². The van der Waals surface area contributed by atoms with Crippen LogP contribution >= 0.6 is 0 Å². The fourth-order valence-electron chi connectivity index (χ4n) is 4.21. The molecule has 14 heteroatoms. The van der Waals surface area contributed by atoms with E-state index in [4.69, 9.17) is 8.83 Å². The number of alkyl halides is 3. The smallest absolute Gasteiger partial charge is 0.437 e. The Balaban J connectivity index is 1.47. The van der Waals surface area contributed by atoms with E-state index in [9.17, 15) is 22.4 Å². The van der Waals surface area contributed by atoms with E-state index in [1.807, 2.05) is 0 Å². The molecular weight excluding hydrogens is 486 g/mol. The number of aromatic amines is 1. The molecule has 184 valence electrons. The number of nitrogens with one attached hydrogen (secondary N) is 1. The number of hydrogen-bond donors (Lipinski definition) is 1. The van der Waals surface area contributed by atoms with Gasteiger partial charge in [-0.3, -0.25) is 9.48 Å². The molecule has 4 aromatic heterocycles. The van der Waals surface area contributed by atoms with Gasteiger partial charge in [-0.2, -0.15) is 18.3 Å². The van der Waals surface area contributed by atoms with Gasteiger partial charge in [-0.25, -0.2) is 19.3 Å². The maximum atomic E-state index is 13.9. The van der Waals surface area contributed by atoms with Gasteiger partial charge in [0, 0.05) is 38.0 Å². The second-order valence-corrected chi connectivity index (χ2v) is 8.15. The van der Waals surface area contributed by atoms with Crippen LogP contribution in [0, 0.1) is 5.82 Å². The number of aromatic nitrogens is 6. The molecule has 0 spiro atoms. The zero-order chi connectivity index (χ0) is 25.2. The van der Waals surface area contributed by atoms with Crippen LogP contribution in [0.25, 0.3) is 22.7 Å². The van der Waals surface area contributed by atoms with Crippen LogP contribution in [0.3, 0.4) is 0 Å². The molecule has 0 fully saturated rings. The zero-order valence-electron chi connectivity index (χ0n) is 18.4. The first-order valence-electron chi connectivity index (χ1n) is 10.7. The van der Waals surface area contributed by atoms with Crippen molar-refractivity contribution in [3.05, 3.63) is 71.3 Å². The van der Waals surface area contributed by atoms with Crippen molar-refractivity contribution in [3.63, 3.8) is 0 Å². The number of imidazole rings is 1. The van der Waals surface area contributed by atoms with Gasteiger partial charge in [-0.1, -0.05) is 0 Å². The van der Waals surface area contributed by atoms with E-state index >= 15 is 0 Å². The summed E-state index contributed by atoms with van der Waals surface area (Å²) >= 11 is 0. The minimum Gasteiger partial charge on any atom is -0.438 e. The number of carbonyl (C=O) groups excluding carboxylic acids is 1. The van der Waals surface area contributed by atoms with Crippen LogP contribution in [0.2, 0.25) is 0 Å². The van der Waals surface area contributed by atoms with Crippen LogP contribution in [0.15, 0.2) is 45.6 Å². The number of benzene rings is 1. The maximum absolute atomic E-state index is 13.9. The van der Waals surface area contributed by atoms with Crippen molar-refractivity contribution in [2.24, 2.45) is 7.05 Å². The number of H-pyrrole nitrogens is 1. The van der Waals surface area contributed by atoms with E-state index in [0.717, 1.165) is 11.0 Å². The van der Waals surface area contributed by atoms with Gasteiger partial charge in [-0.05, 0) is 18.2 Å². The molecule has 1 atom stereocenters. The Labute approximate surface area is 198 Å². The van der Waals surface area contributed by atoms with Gasteiger partial charge in [0.15, 0.2) is 17.3 Å². The fourth-order valence-corrected chi connectivity index (χ4v) is 4.21. The minimum atomic E-state index is -4.97. The lowest BCUT2D eigenvalue weighted by Gasteiger charge is -2.32. The molecule has 0 bridgehead atoms. The van der Waals surface area contributed by atoms with Crippen molar-refractivity contribution in [1.29, 1.82) is 0 Å². The second-order valence-electron chi connectivity index (χ2n) is 8.15. The SMILES string of the molecule is Cn1ccc(-c2nc(C(F)(F)F)c(C(=O)N3CCc4[nH]cnc4[C@H]3c3nc4cc(F)ccc4o3)o2)n1. The van der Waals surface area contributed by atoms with E-state index in [0.29, 0.717) is 11.4 Å². The summed E-state index contributed by atoms with van der Waals surface area (Å²) in [5, 5.41) is 4.00. The first-order valence-corrected chi connectivity index (χ1v) is 10.7. The third-order valence-electron chi connectivity index (χ3n) is 5.81. The maximum Gasteiger partial charge on any atom is 0.437 e. The Bertz CT molecular complexity index is 1610. The number of rotatable bonds is 3. The van der Waals surface area contributed by atoms with Crippen LogP contribution in [-0.2, 0) is 19.6 Å². The number of hydrogen-bond acceptors (Lipinski definition) is 7. The fraction of sp³-hybridized carbons (Fsp3) is 0.227. The molecule has 0 saturated carbocycles. The summed E-state index contributed by atoms with van der Waals surface area (Å²) in [6, 6.07) is 4.04. The van der Waals surface area contributed by atoms with Crippen LogP contribution in [-0.4, -0.2) is 47.1 Å². The molecule has 1 amide bonds. The molecular formula is C22H15F4N7O3. The molecule has 0 unspecified atom stereocenters. The Hall–Kier alpha value is -4.49. The van der Waals surface area contributed by atoms with Gasteiger partial charge in [0.25, 0.3) is 5.91 Å². The zero-order valence-corrected chi connectivity index (χ0v) is 18.4. The largest absolute Gasteiger partial charge is 0.438 e. The average Bonchev–Trinajstić information content (AvgIpc) is 3.61. The molecule has 0 saturated heterocycles. The van der Waals surface area contributed by atoms with Crippen molar-refractivity contribution in [2.45, 2.75) is 18.6 Å². The molecule has 5 aromatic rings. The quantitative estimate of drug-likeness (QED) is 0.373. The highest BCUT2D eigenvalue weighted by atomic mass is 19.4. The monoisotopic (exact) mass is 501 g/mol. The summed E-state index contributed by atoms with van der Waals surface area (Å²) in [5.41, 5.74) is 0.00906. The standard InChI is InChI=1S/C22H15F4N7O3/c1-32-6-4-12(31-32)19-30-18(22(24,25)26)17(36-19)21(34)33-7-5-11-15(28-9-27-11)16(33)20-29-13-8-10(23)2-3-14(13)35-20/h2-4,6,8-9,16H,5,7H2,1H3,(H,27,28)/t16-/m0/s1. The van der Waals surface area contributed by atoms with Gasteiger partial charge < -0.3 is 18.7 Å². The summed E-state index contributed by atoms with van der Waals surface area (Å²) in [6.45, 7) is 0.00268. The number of carbonyl (C=O) groups is 1. The number of oxazole rings is 2. The van der Waals surface area contributed by atoms with E-state index in [2.05, 4.69) is 25.0 Å². The van der Waals surface area contributed by atoms with Gasteiger partial charge in [-0.15, -0.1) is 0 Å². The molecule has 1 aliphatic heterocycles. The summed E-state index contributed by atoms with van der Waals surface area (Å²) in [7, 11) is 1.58. The predicted molar refractivity (Wildman–Crippen MR) is 113 cm³/mol. The van der Waals surface area contributed by atoms with Crippen LogP contribution in [0.1, 0.15) is 39.6 Å². The third kappa shape index (κ3) is 3.52. The molecule has 0 radical (unpaired) electrons. The molecule has 36 heavy (non-hydrogen) atoms. The summed E-state index contributed by atoms with van der Waals surface area (Å²) in [4.78, 5) is 29.8.